The highest BCUT2D eigenvalue weighted by Crippen LogP contribution is 2.03. The maximum absolute atomic E-state index is 10.5. The van der Waals surface area contributed by atoms with E-state index >= 15 is 0 Å². The zero-order chi connectivity index (χ0) is 8.31. The number of carbonyl (C=O) groups is 1. The van der Waals surface area contributed by atoms with Crippen molar-refractivity contribution in [2.75, 3.05) is 0 Å². The largest absolute Gasteiger partial charge is 0.465 e. The molecule has 0 bridgehead atoms. The van der Waals surface area contributed by atoms with Gasteiger partial charge in [0.1, 0.15) is 0 Å². The van der Waals surface area contributed by atoms with Crippen molar-refractivity contribution in [3.8, 4) is 0 Å². The minimum Gasteiger partial charge on any atom is -0.465 e. The molecule has 0 heterocycles. The lowest BCUT2D eigenvalue weighted by molar-refractivity contribution is 0.116. The topological polar surface area (TPSA) is 40.5 Å². The van der Waals surface area contributed by atoms with Gasteiger partial charge in [-0.3, -0.25) is 0 Å². The Morgan fingerprint density at radius 3 is 1.45 bits per heavy atom. The summed E-state index contributed by atoms with van der Waals surface area (Å²) in [4.78, 5) is 11.9. The Balaban J connectivity index is 0. The Kier molecular flexibility index (Phi) is 6.17. The molecule has 0 unspecified atom stereocenters. The molecular formula is C7H15NO2Si. The molecule has 1 N–H and O–H groups in total. The second-order valence-electron chi connectivity index (χ2n) is 2.88. The average Bonchev–Trinajstić information content (AvgIpc) is 1.59. The molecule has 0 aliphatic rings. The lowest BCUT2D eigenvalue weighted by Crippen LogP contribution is -2.40. The van der Waals surface area contributed by atoms with Gasteiger partial charge in [-0.2, -0.15) is 0 Å². The molecule has 0 aliphatic carbocycles. The number of hydrogen-bond acceptors (Lipinski definition) is 1. The van der Waals surface area contributed by atoms with Crippen LogP contribution in [0.1, 0.15) is 27.7 Å². The van der Waals surface area contributed by atoms with E-state index < -0.39 is 6.09 Å². The Bertz CT molecular complexity index is 118. The van der Waals surface area contributed by atoms with Crippen molar-refractivity contribution in [1.82, 2.24) is 4.90 Å². The van der Waals surface area contributed by atoms with Crippen molar-refractivity contribution in [1.29, 1.82) is 0 Å². The van der Waals surface area contributed by atoms with Gasteiger partial charge in [0.25, 0.3) is 0 Å². The molecule has 0 aliphatic heterocycles. The first-order chi connectivity index (χ1) is 4.46. The minimum absolute atomic E-state index is 0. The Labute approximate surface area is 72.4 Å². The fourth-order valence-electron chi connectivity index (χ4n) is 1.04. The van der Waals surface area contributed by atoms with Gasteiger partial charge in [0, 0.05) is 23.0 Å². The summed E-state index contributed by atoms with van der Waals surface area (Å²) in [6, 6.07) is 0.134. The molecule has 11 heavy (non-hydrogen) atoms. The van der Waals surface area contributed by atoms with Gasteiger partial charge in [-0.25, -0.2) is 4.79 Å². The van der Waals surface area contributed by atoms with Crippen LogP contribution in [-0.2, 0) is 0 Å². The van der Waals surface area contributed by atoms with Gasteiger partial charge >= 0.3 is 6.09 Å². The zero-order valence-electron chi connectivity index (χ0n) is 7.46. The fraction of sp³-hybridized carbons (Fsp3) is 0.857. The number of carboxylic acid groups (broad SMARTS) is 1. The van der Waals surface area contributed by atoms with Gasteiger partial charge in [0.15, 0.2) is 0 Å². The van der Waals surface area contributed by atoms with E-state index in [9.17, 15) is 4.79 Å². The highest BCUT2D eigenvalue weighted by molar-refractivity contribution is 5.75. The third kappa shape index (κ3) is 4.03. The lowest BCUT2D eigenvalue weighted by atomic mass is 10.2. The van der Waals surface area contributed by atoms with Crippen LogP contribution < -0.4 is 0 Å². The highest BCUT2D eigenvalue weighted by Gasteiger charge is 2.17. The standard InChI is InChI=1S/C7H15NO2.Si/c1-5(2)8(6(3)4)7(9)10;/h5-6H,1-4H3,(H,9,10);. The van der Waals surface area contributed by atoms with E-state index in [4.69, 9.17) is 5.11 Å². The first-order valence-corrected chi connectivity index (χ1v) is 3.48. The van der Waals surface area contributed by atoms with Crippen LogP contribution in [0.4, 0.5) is 4.79 Å². The van der Waals surface area contributed by atoms with Crippen molar-refractivity contribution in [3.05, 3.63) is 0 Å². The van der Waals surface area contributed by atoms with E-state index in [2.05, 4.69) is 0 Å². The van der Waals surface area contributed by atoms with Gasteiger partial charge < -0.3 is 10.0 Å². The molecule has 0 aromatic rings. The van der Waals surface area contributed by atoms with Crippen molar-refractivity contribution in [2.45, 2.75) is 39.8 Å². The van der Waals surface area contributed by atoms with Crippen LogP contribution in [0.5, 0.6) is 0 Å². The summed E-state index contributed by atoms with van der Waals surface area (Å²) in [5, 5.41) is 8.64. The lowest BCUT2D eigenvalue weighted by Gasteiger charge is -2.27. The normalized spacial score (nSPS) is 9.64. The van der Waals surface area contributed by atoms with E-state index in [-0.39, 0.29) is 23.0 Å². The predicted molar refractivity (Wildman–Crippen MR) is 45.9 cm³/mol. The molecule has 0 rings (SSSR count). The van der Waals surface area contributed by atoms with Crippen molar-refractivity contribution < 1.29 is 9.90 Å². The van der Waals surface area contributed by atoms with E-state index in [0.717, 1.165) is 0 Å². The molecule has 3 nitrogen and oxygen atoms in total. The maximum atomic E-state index is 10.5. The highest BCUT2D eigenvalue weighted by atomic mass is 28.1. The molecule has 4 heteroatoms. The molecule has 0 saturated carbocycles. The van der Waals surface area contributed by atoms with Crippen LogP contribution in [0, 0.1) is 0 Å². The second-order valence-corrected chi connectivity index (χ2v) is 2.88. The number of rotatable bonds is 2. The summed E-state index contributed by atoms with van der Waals surface area (Å²) >= 11 is 0. The third-order valence-corrected chi connectivity index (χ3v) is 1.33. The predicted octanol–water partition coefficient (Wildman–Crippen LogP) is 1.40. The van der Waals surface area contributed by atoms with Crippen LogP contribution >= 0.6 is 0 Å². The molecular weight excluding hydrogens is 158 g/mol. The molecule has 4 radical (unpaired) electrons. The van der Waals surface area contributed by atoms with Gasteiger partial charge in [-0.1, -0.05) is 0 Å². The van der Waals surface area contributed by atoms with Crippen LogP contribution in [0.15, 0.2) is 0 Å². The molecule has 0 atom stereocenters. The van der Waals surface area contributed by atoms with E-state index in [1.165, 1.54) is 4.90 Å². The number of nitrogens with zero attached hydrogens (tertiary/aromatic N) is 1. The zero-order valence-corrected chi connectivity index (χ0v) is 8.46. The molecule has 0 spiro atoms. The van der Waals surface area contributed by atoms with Crippen molar-refractivity contribution >= 4 is 17.1 Å². The van der Waals surface area contributed by atoms with Crippen molar-refractivity contribution in [2.24, 2.45) is 0 Å². The van der Waals surface area contributed by atoms with Gasteiger partial charge in [0.05, 0.1) is 0 Å². The summed E-state index contributed by atoms with van der Waals surface area (Å²) in [6.07, 6.45) is -0.843. The van der Waals surface area contributed by atoms with E-state index in [0.29, 0.717) is 0 Å². The summed E-state index contributed by atoms with van der Waals surface area (Å²) in [7, 11) is 0. The summed E-state index contributed by atoms with van der Waals surface area (Å²) in [5.74, 6) is 0. The maximum Gasteiger partial charge on any atom is 0.407 e. The molecule has 64 valence electrons. The smallest absolute Gasteiger partial charge is 0.407 e. The summed E-state index contributed by atoms with van der Waals surface area (Å²) < 4.78 is 0. The van der Waals surface area contributed by atoms with Crippen LogP contribution in [-0.4, -0.2) is 39.1 Å². The molecule has 0 fully saturated rings. The fourth-order valence-corrected chi connectivity index (χ4v) is 1.04. The molecule has 0 aromatic carbocycles. The van der Waals surface area contributed by atoms with Crippen LogP contribution in [0.2, 0.25) is 0 Å². The number of hydrogen-bond donors (Lipinski definition) is 1. The van der Waals surface area contributed by atoms with Crippen LogP contribution in [0.3, 0.4) is 0 Å². The van der Waals surface area contributed by atoms with Gasteiger partial charge in [0.2, 0.25) is 0 Å². The molecule has 0 aromatic heterocycles. The summed E-state index contributed by atoms with van der Waals surface area (Å²) in [5.41, 5.74) is 0. The molecule has 1 amide bonds. The first-order valence-electron chi connectivity index (χ1n) is 3.48. The Morgan fingerprint density at radius 1 is 1.18 bits per heavy atom. The SMILES string of the molecule is CC(C)N(C(=O)O)C(C)C.[Si]. The van der Waals surface area contributed by atoms with Crippen molar-refractivity contribution in [3.63, 3.8) is 0 Å². The van der Waals surface area contributed by atoms with Gasteiger partial charge in [-0.15, -0.1) is 0 Å². The molecule has 0 saturated heterocycles. The summed E-state index contributed by atoms with van der Waals surface area (Å²) in [6.45, 7) is 7.48. The first kappa shape index (κ1) is 13.1. The quantitative estimate of drug-likeness (QED) is 0.641. The monoisotopic (exact) mass is 173 g/mol. The van der Waals surface area contributed by atoms with Gasteiger partial charge in [-0.05, 0) is 27.7 Å². The Morgan fingerprint density at radius 2 is 1.45 bits per heavy atom. The third-order valence-electron chi connectivity index (χ3n) is 1.33. The number of amides is 1. The van der Waals surface area contributed by atoms with E-state index in [1.54, 1.807) is 0 Å². The Hall–Kier alpha value is -0.513. The van der Waals surface area contributed by atoms with Crippen LogP contribution in [0.25, 0.3) is 0 Å². The second kappa shape index (κ2) is 5.18. The van der Waals surface area contributed by atoms with E-state index in [1.807, 2.05) is 27.7 Å². The average molecular weight is 173 g/mol. The minimum atomic E-state index is -0.843.